The number of hydrogen-bond acceptors (Lipinski definition) is 2. The van der Waals surface area contributed by atoms with E-state index in [1.54, 1.807) is 0 Å². The van der Waals surface area contributed by atoms with Crippen LogP contribution in [0.1, 0.15) is 19.4 Å². The maximum absolute atomic E-state index is 6.06. The third kappa shape index (κ3) is 2.03. The van der Waals surface area contributed by atoms with Gasteiger partial charge in [0.05, 0.1) is 17.1 Å². The second kappa shape index (κ2) is 4.54. The fraction of sp³-hybridized carbons (Fsp3) is 0.235. The van der Waals surface area contributed by atoms with Crippen molar-refractivity contribution in [2.24, 2.45) is 0 Å². The molecule has 96 valence electrons. The van der Waals surface area contributed by atoms with Gasteiger partial charge in [0.15, 0.2) is 0 Å². The molecule has 2 aromatic carbocycles. The van der Waals surface area contributed by atoms with Crippen molar-refractivity contribution >= 4 is 21.8 Å². The molecule has 1 aromatic heterocycles. The lowest BCUT2D eigenvalue weighted by Gasteiger charge is -2.15. The number of aromatic nitrogens is 1. The average Bonchev–Trinajstić information content (AvgIpc) is 2.39. The van der Waals surface area contributed by atoms with E-state index in [-0.39, 0.29) is 6.10 Å². The first-order chi connectivity index (χ1) is 9.16. The first kappa shape index (κ1) is 12.0. The maximum Gasteiger partial charge on any atom is 0.138 e. The van der Waals surface area contributed by atoms with E-state index in [1.165, 1.54) is 5.56 Å². The van der Waals surface area contributed by atoms with Gasteiger partial charge in [-0.25, -0.2) is 4.98 Å². The minimum Gasteiger partial charge on any atom is -0.490 e. The minimum atomic E-state index is 0.148. The SMILES string of the molecule is Cc1cccc2c(OC(C)C)c3ccccc3nc12. The molecule has 0 fully saturated rings. The second-order valence-corrected chi connectivity index (χ2v) is 5.10. The normalized spacial score (nSPS) is 11.4. The van der Waals surface area contributed by atoms with Crippen molar-refractivity contribution in [1.29, 1.82) is 0 Å². The van der Waals surface area contributed by atoms with Crippen molar-refractivity contribution < 1.29 is 4.74 Å². The zero-order valence-electron chi connectivity index (χ0n) is 11.5. The Labute approximate surface area is 113 Å². The van der Waals surface area contributed by atoms with Crippen LogP contribution in [0.5, 0.6) is 5.75 Å². The van der Waals surface area contributed by atoms with Crippen LogP contribution in [-0.4, -0.2) is 11.1 Å². The third-order valence-electron chi connectivity index (χ3n) is 3.22. The molecular formula is C17H17NO. The Morgan fingerprint density at radius 1 is 0.947 bits per heavy atom. The summed E-state index contributed by atoms with van der Waals surface area (Å²) >= 11 is 0. The molecule has 0 atom stereocenters. The van der Waals surface area contributed by atoms with E-state index >= 15 is 0 Å². The van der Waals surface area contributed by atoms with Crippen molar-refractivity contribution in [1.82, 2.24) is 4.98 Å². The van der Waals surface area contributed by atoms with Gasteiger partial charge in [-0.3, -0.25) is 0 Å². The molecule has 0 radical (unpaired) electrons. The number of benzene rings is 2. The van der Waals surface area contributed by atoms with Gasteiger partial charge in [-0.05, 0) is 44.5 Å². The van der Waals surface area contributed by atoms with Gasteiger partial charge in [0.25, 0.3) is 0 Å². The Morgan fingerprint density at radius 3 is 2.47 bits per heavy atom. The Hall–Kier alpha value is -2.09. The van der Waals surface area contributed by atoms with Crippen molar-refractivity contribution in [3.05, 3.63) is 48.0 Å². The molecule has 2 heteroatoms. The summed E-state index contributed by atoms with van der Waals surface area (Å²) in [5.74, 6) is 0.944. The number of nitrogens with zero attached hydrogens (tertiary/aromatic N) is 1. The van der Waals surface area contributed by atoms with E-state index in [2.05, 4.69) is 45.0 Å². The number of hydrogen-bond donors (Lipinski definition) is 0. The molecule has 2 nitrogen and oxygen atoms in total. The quantitative estimate of drug-likeness (QED) is 0.626. The first-order valence-corrected chi connectivity index (χ1v) is 6.61. The number of ether oxygens (including phenoxy) is 1. The molecule has 0 amide bonds. The van der Waals surface area contributed by atoms with Crippen LogP contribution in [0.15, 0.2) is 42.5 Å². The summed E-state index contributed by atoms with van der Waals surface area (Å²) in [6.07, 6.45) is 0.148. The van der Waals surface area contributed by atoms with Crippen LogP contribution in [0.4, 0.5) is 0 Å². The van der Waals surface area contributed by atoms with Gasteiger partial charge < -0.3 is 4.74 Å². The van der Waals surface area contributed by atoms with Gasteiger partial charge >= 0.3 is 0 Å². The highest BCUT2D eigenvalue weighted by atomic mass is 16.5. The Morgan fingerprint density at radius 2 is 1.68 bits per heavy atom. The van der Waals surface area contributed by atoms with Crippen molar-refractivity contribution in [3.8, 4) is 5.75 Å². The molecule has 0 unspecified atom stereocenters. The van der Waals surface area contributed by atoms with Gasteiger partial charge in [0.1, 0.15) is 5.75 Å². The fourth-order valence-electron chi connectivity index (χ4n) is 2.38. The molecule has 19 heavy (non-hydrogen) atoms. The molecule has 3 rings (SSSR count). The van der Waals surface area contributed by atoms with Gasteiger partial charge in [-0.2, -0.15) is 0 Å². The Balaban J connectivity index is 2.45. The zero-order chi connectivity index (χ0) is 13.4. The molecule has 1 heterocycles. The monoisotopic (exact) mass is 251 g/mol. The van der Waals surface area contributed by atoms with Gasteiger partial charge in [0, 0.05) is 10.8 Å². The minimum absolute atomic E-state index is 0.148. The lowest BCUT2D eigenvalue weighted by Crippen LogP contribution is -2.07. The van der Waals surface area contributed by atoms with E-state index in [1.807, 2.05) is 18.2 Å². The standard InChI is InChI=1S/C17H17NO/c1-11(2)19-17-13-8-4-5-10-15(13)18-16-12(3)7-6-9-14(16)17/h4-11H,1-3H3. The molecule has 0 bridgehead atoms. The first-order valence-electron chi connectivity index (χ1n) is 6.61. The van der Waals surface area contributed by atoms with E-state index in [4.69, 9.17) is 9.72 Å². The van der Waals surface area contributed by atoms with Gasteiger partial charge in [0.2, 0.25) is 0 Å². The molecule has 0 N–H and O–H groups in total. The van der Waals surface area contributed by atoms with E-state index < -0.39 is 0 Å². The van der Waals surface area contributed by atoms with Crippen LogP contribution in [0, 0.1) is 6.92 Å². The number of pyridine rings is 1. The number of aryl methyl sites for hydroxylation is 1. The molecular weight excluding hydrogens is 234 g/mol. The predicted octanol–water partition coefficient (Wildman–Crippen LogP) is 4.48. The van der Waals surface area contributed by atoms with Gasteiger partial charge in [-0.15, -0.1) is 0 Å². The molecule has 0 saturated carbocycles. The molecule has 0 spiro atoms. The largest absolute Gasteiger partial charge is 0.490 e. The molecule has 0 aliphatic rings. The number of rotatable bonds is 2. The maximum atomic E-state index is 6.06. The van der Waals surface area contributed by atoms with Crippen LogP contribution >= 0.6 is 0 Å². The van der Waals surface area contributed by atoms with Crippen LogP contribution in [0.25, 0.3) is 21.8 Å². The predicted molar refractivity (Wildman–Crippen MR) is 79.8 cm³/mol. The van der Waals surface area contributed by atoms with Crippen LogP contribution in [-0.2, 0) is 0 Å². The summed E-state index contributed by atoms with van der Waals surface area (Å²) in [5, 5.41) is 2.17. The van der Waals surface area contributed by atoms with Crippen molar-refractivity contribution in [2.75, 3.05) is 0 Å². The van der Waals surface area contributed by atoms with Crippen LogP contribution in [0.3, 0.4) is 0 Å². The van der Waals surface area contributed by atoms with Gasteiger partial charge in [-0.1, -0.05) is 24.3 Å². The van der Waals surface area contributed by atoms with Crippen molar-refractivity contribution in [2.45, 2.75) is 26.9 Å². The average molecular weight is 251 g/mol. The molecule has 0 saturated heterocycles. The Kier molecular flexibility index (Phi) is 2.86. The summed E-state index contributed by atoms with van der Waals surface area (Å²) in [4.78, 5) is 4.77. The van der Waals surface area contributed by atoms with E-state index in [0.29, 0.717) is 0 Å². The summed E-state index contributed by atoms with van der Waals surface area (Å²) in [5.41, 5.74) is 3.19. The highest BCUT2D eigenvalue weighted by molar-refractivity contribution is 6.01. The topological polar surface area (TPSA) is 22.1 Å². The summed E-state index contributed by atoms with van der Waals surface area (Å²) in [6, 6.07) is 14.4. The second-order valence-electron chi connectivity index (χ2n) is 5.10. The lowest BCUT2D eigenvalue weighted by molar-refractivity contribution is 0.248. The van der Waals surface area contributed by atoms with E-state index in [0.717, 1.165) is 27.6 Å². The fourth-order valence-corrected chi connectivity index (χ4v) is 2.38. The zero-order valence-corrected chi connectivity index (χ0v) is 11.5. The number of fused-ring (bicyclic) bond motifs is 2. The third-order valence-corrected chi connectivity index (χ3v) is 3.22. The summed E-state index contributed by atoms with van der Waals surface area (Å²) in [7, 11) is 0. The molecule has 3 aromatic rings. The molecule has 0 aliphatic carbocycles. The summed E-state index contributed by atoms with van der Waals surface area (Å²) in [6.45, 7) is 6.19. The van der Waals surface area contributed by atoms with Crippen LogP contribution in [0.2, 0.25) is 0 Å². The van der Waals surface area contributed by atoms with Crippen LogP contribution < -0.4 is 4.74 Å². The Bertz CT molecular complexity index is 747. The van der Waals surface area contributed by atoms with Crippen molar-refractivity contribution in [3.63, 3.8) is 0 Å². The highest BCUT2D eigenvalue weighted by Gasteiger charge is 2.12. The number of para-hydroxylation sites is 2. The summed E-state index contributed by atoms with van der Waals surface area (Å²) < 4.78 is 6.06. The molecule has 0 aliphatic heterocycles. The smallest absolute Gasteiger partial charge is 0.138 e. The van der Waals surface area contributed by atoms with E-state index in [9.17, 15) is 0 Å². The highest BCUT2D eigenvalue weighted by Crippen LogP contribution is 2.34. The lowest BCUT2D eigenvalue weighted by atomic mass is 10.1.